The summed E-state index contributed by atoms with van der Waals surface area (Å²) in [5.74, 6) is 2.21. The maximum atomic E-state index is 12.5. The Morgan fingerprint density at radius 3 is 2.39 bits per heavy atom. The van der Waals surface area contributed by atoms with E-state index < -0.39 is 0 Å². The van der Waals surface area contributed by atoms with Gasteiger partial charge in [-0.25, -0.2) is 4.98 Å². The number of ether oxygens (including phenoxy) is 2. The molecule has 1 saturated heterocycles. The van der Waals surface area contributed by atoms with Gasteiger partial charge >= 0.3 is 0 Å². The highest BCUT2D eigenvalue weighted by atomic mass is 16.5. The number of rotatable bonds is 9. The predicted octanol–water partition coefficient (Wildman–Crippen LogP) is 2.82. The molecule has 4 rings (SSSR count). The van der Waals surface area contributed by atoms with Gasteiger partial charge in [0.1, 0.15) is 5.82 Å². The maximum Gasteiger partial charge on any atom is 0.238 e. The molecule has 0 unspecified atom stereocenters. The molecule has 8 nitrogen and oxygen atoms in total. The van der Waals surface area contributed by atoms with E-state index in [1.165, 1.54) is 0 Å². The number of carbonyl (C=O) groups is 1. The number of amides is 1. The van der Waals surface area contributed by atoms with E-state index in [1.807, 2.05) is 36.7 Å². The fraction of sp³-hybridized carbons (Fsp3) is 0.360. The van der Waals surface area contributed by atoms with Crippen LogP contribution in [0, 0.1) is 0 Å². The summed E-state index contributed by atoms with van der Waals surface area (Å²) >= 11 is 0. The standard InChI is InChI=1S/C25H31N5O3/c1-32-22-9-8-21(18-23(22)33-2)27-24(31)19-29-14-12-28(13-15-29)16-17-30-11-10-26-25(30)20-6-4-3-5-7-20/h3-11,18H,12-17,19H2,1-2H3,(H,27,31). The van der Waals surface area contributed by atoms with Crippen LogP contribution in [0.1, 0.15) is 0 Å². The molecule has 1 fully saturated rings. The molecule has 1 aliphatic rings. The highest BCUT2D eigenvalue weighted by Gasteiger charge is 2.19. The van der Waals surface area contributed by atoms with E-state index in [-0.39, 0.29) is 5.91 Å². The van der Waals surface area contributed by atoms with Crippen LogP contribution >= 0.6 is 0 Å². The molecule has 2 aromatic carbocycles. The van der Waals surface area contributed by atoms with Gasteiger partial charge in [0.25, 0.3) is 0 Å². The first-order valence-corrected chi connectivity index (χ1v) is 11.2. The number of anilines is 1. The first-order valence-electron chi connectivity index (χ1n) is 11.2. The molecule has 0 spiro atoms. The highest BCUT2D eigenvalue weighted by Crippen LogP contribution is 2.29. The minimum Gasteiger partial charge on any atom is -0.493 e. The third kappa shape index (κ3) is 5.91. The van der Waals surface area contributed by atoms with Crippen molar-refractivity contribution < 1.29 is 14.3 Å². The number of imidazole rings is 1. The molecule has 33 heavy (non-hydrogen) atoms. The lowest BCUT2D eigenvalue weighted by Crippen LogP contribution is -2.49. The number of carbonyl (C=O) groups excluding carboxylic acids is 1. The number of hydrogen-bond donors (Lipinski definition) is 1. The van der Waals surface area contributed by atoms with Gasteiger partial charge in [0.05, 0.1) is 20.8 Å². The fourth-order valence-corrected chi connectivity index (χ4v) is 4.07. The normalized spacial score (nSPS) is 14.7. The van der Waals surface area contributed by atoms with Gasteiger partial charge in [0.15, 0.2) is 11.5 Å². The molecular formula is C25H31N5O3. The molecule has 1 aliphatic heterocycles. The van der Waals surface area contributed by atoms with Crippen molar-refractivity contribution in [1.82, 2.24) is 19.4 Å². The van der Waals surface area contributed by atoms with Crippen molar-refractivity contribution in [2.75, 3.05) is 58.8 Å². The zero-order valence-electron chi connectivity index (χ0n) is 19.2. The minimum absolute atomic E-state index is 0.0263. The second-order valence-electron chi connectivity index (χ2n) is 8.05. The van der Waals surface area contributed by atoms with E-state index in [1.54, 1.807) is 26.4 Å². The Bertz CT molecular complexity index is 1050. The molecule has 0 radical (unpaired) electrons. The van der Waals surface area contributed by atoms with Crippen LogP contribution in [-0.2, 0) is 11.3 Å². The summed E-state index contributed by atoms with van der Waals surface area (Å²) in [6.07, 6.45) is 3.90. The number of nitrogens with one attached hydrogen (secondary N) is 1. The number of benzene rings is 2. The van der Waals surface area contributed by atoms with E-state index >= 15 is 0 Å². The lowest BCUT2D eigenvalue weighted by atomic mass is 10.2. The molecular weight excluding hydrogens is 418 g/mol. The van der Waals surface area contributed by atoms with E-state index in [0.717, 1.165) is 50.7 Å². The SMILES string of the molecule is COc1ccc(NC(=O)CN2CCN(CCn3ccnc3-c3ccccc3)CC2)cc1OC. The average molecular weight is 450 g/mol. The molecule has 1 aromatic heterocycles. The van der Waals surface area contributed by atoms with Crippen LogP contribution in [-0.4, -0.2) is 78.7 Å². The number of hydrogen-bond acceptors (Lipinski definition) is 6. The van der Waals surface area contributed by atoms with Crippen LogP contribution < -0.4 is 14.8 Å². The van der Waals surface area contributed by atoms with Crippen LogP contribution in [0.3, 0.4) is 0 Å². The highest BCUT2D eigenvalue weighted by molar-refractivity contribution is 5.92. The topological polar surface area (TPSA) is 71.9 Å². The monoisotopic (exact) mass is 449 g/mol. The van der Waals surface area contributed by atoms with Crippen LogP contribution in [0.25, 0.3) is 11.4 Å². The third-order valence-corrected chi connectivity index (χ3v) is 5.90. The lowest BCUT2D eigenvalue weighted by molar-refractivity contribution is -0.117. The quantitative estimate of drug-likeness (QED) is 0.542. The Hall–Kier alpha value is -3.36. The lowest BCUT2D eigenvalue weighted by Gasteiger charge is -2.34. The molecule has 0 atom stereocenters. The number of piperazine rings is 1. The van der Waals surface area contributed by atoms with Crippen molar-refractivity contribution in [1.29, 1.82) is 0 Å². The molecule has 8 heteroatoms. The summed E-state index contributed by atoms with van der Waals surface area (Å²) in [7, 11) is 3.17. The number of methoxy groups -OCH3 is 2. The van der Waals surface area contributed by atoms with Crippen LogP contribution in [0.4, 0.5) is 5.69 Å². The van der Waals surface area contributed by atoms with Crippen molar-refractivity contribution >= 4 is 11.6 Å². The van der Waals surface area contributed by atoms with E-state index in [9.17, 15) is 4.79 Å². The van der Waals surface area contributed by atoms with E-state index in [2.05, 4.69) is 36.8 Å². The summed E-state index contributed by atoms with van der Waals surface area (Å²) in [5, 5.41) is 2.95. The van der Waals surface area contributed by atoms with Crippen molar-refractivity contribution in [3.63, 3.8) is 0 Å². The molecule has 1 amide bonds. The smallest absolute Gasteiger partial charge is 0.238 e. The molecule has 3 aromatic rings. The summed E-state index contributed by atoms with van der Waals surface area (Å²) in [6.45, 7) is 5.86. The predicted molar refractivity (Wildman–Crippen MR) is 129 cm³/mol. The molecule has 0 bridgehead atoms. The Labute approximate surface area is 194 Å². The summed E-state index contributed by atoms with van der Waals surface area (Å²) in [5.41, 5.74) is 1.83. The molecule has 174 valence electrons. The van der Waals surface area contributed by atoms with Gasteiger partial charge in [-0.05, 0) is 12.1 Å². The molecule has 2 heterocycles. The first kappa shape index (κ1) is 22.8. The Kier molecular flexibility index (Phi) is 7.59. The second kappa shape index (κ2) is 11.0. The van der Waals surface area contributed by atoms with Crippen molar-refractivity contribution in [2.45, 2.75) is 6.54 Å². The third-order valence-electron chi connectivity index (χ3n) is 5.90. The van der Waals surface area contributed by atoms with Crippen molar-refractivity contribution in [3.05, 3.63) is 60.9 Å². The summed E-state index contributed by atoms with van der Waals surface area (Å²) < 4.78 is 12.8. The largest absolute Gasteiger partial charge is 0.493 e. The van der Waals surface area contributed by atoms with Gasteiger partial charge in [-0.3, -0.25) is 14.6 Å². The molecule has 1 N–H and O–H groups in total. The van der Waals surface area contributed by atoms with Gasteiger partial charge < -0.3 is 19.4 Å². The minimum atomic E-state index is -0.0263. The van der Waals surface area contributed by atoms with E-state index in [4.69, 9.17) is 9.47 Å². The van der Waals surface area contributed by atoms with Gasteiger partial charge in [-0.2, -0.15) is 0 Å². The fourth-order valence-electron chi connectivity index (χ4n) is 4.07. The maximum absolute atomic E-state index is 12.5. The van der Waals surface area contributed by atoms with Crippen molar-refractivity contribution in [2.24, 2.45) is 0 Å². The first-order chi connectivity index (χ1) is 16.2. The number of nitrogens with zero attached hydrogens (tertiary/aromatic N) is 4. The molecule has 0 aliphatic carbocycles. The Morgan fingerprint density at radius 1 is 0.939 bits per heavy atom. The van der Waals surface area contributed by atoms with Crippen molar-refractivity contribution in [3.8, 4) is 22.9 Å². The summed E-state index contributed by atoms with van der Waals surface area (Å²) in [4.78, 5) is 21.7. The Morgan fingerprint density at radius 2 is 1.67 bits per heavy atom. The average Bonchev–Trinajstić information content (AvgIpc) is 3.32. The van der Waals surface area contributed by atoms with Crippen LogP contribution in [0.15, 0.2) is 60.9 Å². The van der Waals surface area contributed by atoms with Gasteiger partial charge in [-0.15, -0.1) is 0 Å². The number of aromatic nitrogens is 2. The Balaban J connectivity index is 1.22. The van der Waals surface area contributed by atoms with Gasteiger partial charge in [0.2, 0.25) is 5.91 Å². The zero-order chi connectivity index (χ0) is 23.0. The molecule has 0 saturated carbocycles. The zero-order valence-corrected chi connectivity index (χ0v) is 19.2. The second-order valence-corrected chi connectivity index (χ2v) is 8.05. The van der Waals surface area contributed by atoms with E-state index in [0.29, 0.717) is 23.7 Å². The van der Waals surface area contributed by atoms with Crippen LogP contribution in [0.5, 0.6) is 11.5 Å². The summed E-state index contributed by atoms with van der Waals surface area (Å²) in [6, 6.07) is 15.6. The van der Waals surface area contributed by atoms with Crippen LogP contribution in [0.2, 0.25) is 0 Å². The van der Waals surface area contributed by atoms with Gasteiger partial charge in [0, 0.05) is 69.0 Å². The van der Waals surface area contributed by atoms with Gasteiger partial charge in [-0.1, -0.05) is 30.3 Å².